The molecule has 1 atom stereocenters. The fourth-order valence-electron chi connectivity index (χ4n) is 1.59. The number of benzene rings is 1. The van der Waals surface area contributed by atoms with E-state index < -0.39 is 0 Å². The van der Waals surface area contributed by atoms with Crippen LogP contribution in [0.3, 0.4) is 0 Å². The van der Waals surface area contributed by atoms with Crippen molar-refractivity contribution in [3.8, 4) is 0 Å². The molecule has 0 aliphatic carbocycles. The minimum absolute atomic E-state index is 0.0529. The Morgan fingerprint density at radius 3 is 2.45 bits per heavy atom. The van der Waals surface area contributed by atoms with E-state index >= 15 is 0 Å². The highest BCUT2D eigenvalue weighted by atomic mass is 32.2. The quantitative estimate of drug-likeness (QED) is 0.613. The Balaban J connectivity index is 1.90. The first kappa shape index (κ1) is 17.3. The van der Waals surface area contributed by atoms with Gasteiger partial charge in [0.1, 0.15) is 0 Å². The van der Waals surface area contributed by atoms with Gasteiger partial charge in [-0.25, -0.2) is 0 Å². The summed E-state index contributed by atoms with van der Waals surface area (Å²) in [6.07, 6.45) is 0. The average molecular weight is 354 g/mol. The molecule has 0 aliphatic heterocycles. The maximum Gasteiger partial charge on any atom is 0.239 e. The molecule has 1 aromatic carbocycles. The lowest BCUT2D eigenvalue weighted by atomic mass is 10.2. The molecule has 4 nitrogen and oxygen atoms in total. The Morgan fingerprint density at radius 1 is 1.14 bits per heavy atom. The van der Waals surface area contributed by atoms with Crippen molar-refractivity contribution >= 4 is 45.9 Å². The molecule has 0 saturated carbocycles. The van der Waals surface area contributed by atoms with E-state index in [0.29, 0.717) is 10.4 Å². The number of carbonyl (C=O) groups excluding carboxylic acids is 1. The van der Waals surface area contributed by atoms with Crippen molar-refractivity contribution in [3.63, 3.8) is 0 Å². The van der Waals surface area contributed by atoms with Crippen molar-refractivity contribution in [2.75, 3.05) is 5.32 Å². The highest BCUT2D eigenvalue weighted by Crippen LogP contribution is 2.29. The van der Waals surface area contributed by atoms with E-state index in [0.717, 1.165) is 9.24 Å². The summed E-state index contributed by atoms with van der Waals surface area (Å²) in [7, 11) is 0. The number of aromatic nitrogens is 2. The maximum atomic E-state index is 12.2. The Morgan fingerprint density at radius 2 is 1.82 bits per heavy atom. The number of aryl methyl sites for hydroxylation is 1. The van der Waals surface area contributed by atoms with E-state index in [-0.39, 0.29) is 11.2 Å². The molecule has 0 saturated heterocycles. The van der Waals surface area contributed by atoms with Gasteiger partial charge in [0.15, 0.2) is 4.34 Å². The van der Waals surface area contributed by atoms with Crippen LogP contribution in [-0.2, 0) is 4.79 Å². The van der Waals surface area contributed by atoms with Crippen LogP contribution in [0, 0.1) is 6.92 Å². The number of hydrogen-bond acceptors (Lipinski definition) is 6. The summed E-state index contributed by atoms with van der Waals surface area (Å²) in [4.78, 5) is 13.3. The third-order valence-corrected chi connectivity index (χ3v) is 5.71. The van der Waals surface area contributed by atoms with Crippen LogP contribution < -0.4 is 5.32 Å². The van der Waals surface area contributed by atoms with Gasteiger partial charge >= 0.3 is 0 Å². The molecule has 118 valence electrons. The Bertz CT molecular complexity index is 625. The summed E-state index contributed by atoms with van der Waals surface area (Å²) in [5.74, 6) is -0.0529. The molecule has 0 spiro atoms. The Labute approximate surface area is 143 Å². The van der Waals surface area contributed by atoms with Gasteiger partial charge in [0.2, 0.25) is 11.0 Å². The van der Waals surface area contributed by atoms with Crippen LogP contribution in [0.5, 0.6) is 0 Å². The molecule has 1 heterocycles. The normalized spacial score (nSPS) is 12.4. The lowest BCUT2D eigenvalue weighted by Crippen LogP contribution is -2.22. The van der Waals surface area contributed by atoms with Crippen molar-refractivity contribution in [2.45, 2.75) is 47.4 Å². The maximum absolute atomic E-state index is 12.2. The molecule has 1 aromatic heterocycles. The number of rotatable bonds is 6. The summed E-state index contributed by atoms with van der Waals surface area (Å²) in [5, 5.41) is 11.8. The second-order valence-electron chi connectivity index (χ2n) is 5.10. The molecule has 0 radical (unpaired) electrons. The molecule has 1 amide bonds. The van der Waals surface area contributed by atoms with E-state index in [1.165, 1.54) is 28.7 Å². The summed E-state index contributed by atoms with van der Waals surface area (Å²) in [5.41, 5.74) is 1.21. The number of amides is 1. The zero-order chi connectivity index (χ0) is 16.1. The fourth-order valence-corrected chi connectivity index (χ4v) is 4.44. The minimum Gasteiger partial charge on any atom is -0.300 e. The lowest BCUT2D eigenvalue weighted by molar-refractivity contribution is -0.115. The van der Waals surface area contributed by atoms with Crippen LogP contribution in [0.4, 0.5) is 5.13 Å². The van der Waals surface area contributed by atoms with Crippen molar-refractivity contribution in [3.05, 3.63) is 29.8 Å². The first-order valence-corrected chi connectivity index (χ1v) is 9.56. The second-order valence-corrected chi connectivity index (χ2v) is 9.32. The van der Waals surface area contributed by atoms with Crippen LogP contribution in [-0.4, -0.2) is 26.6 Å². The molecule has 0 fully saturated rings. The van der Waals surface area contributed by atoms with Crippen molar-refractivity contribution in [2.24, 2.45) is 0 Å². The number of carbonyl (C=O) groups is 1. The molecule has 0 aliphatic rings. The van der Waals surface area contributed by atoms with Gasteiger partial charge in [0, 0.05) is 10.1 Å². The first-order chi connectivity index (χ1) is 10.4. The molecular weight excluding hydrogens is 334 g/mol. The second kappa shape index (κ2) is 7.99. The predicted octanol–water partition coefficient (Wildman–Crippen LogP) is 4.47. The fraction of sp³-hybridized carbons (Fsp3) is 0.400. The van der Waals surface area contributed by atoms with Gasteiger partial charge < -0.3 is 0 Å². The Kier molecular flexibility index (Phi) is 6.28. The molecular formula is C15H19N3OS3. The molecule has 2 aromatic rings. The number of nitrogens with one attached hydrogen (secondary N) is 1. The van der Waals surface area contributed by atoms with Crippen LogP contribution >= 0.6 is 34.9 Å². The molecule has 0 unspecified atom stereocenters. The molecule has 2 rings (SSSR count). The minimum atomic E-state index is -0.187. The predicted molar refractivity (Wildman–Crippen MR) is 96.0 cm³/mol. The van der Waals surface area contributed by atoms with Crippen LogP contribution in [0.2, 0.25) is 0 Å². The summed E-state index contributed by atoms with van der Waals surface area (Å²) in [6.45, 7) is 8.15. The summed E-state index contributed by atoms with van der Waals surface area (Å²) in [6, 6.07) is 8.17. The molecule has 0 bridgehead atoms. The third-order valence-electron chi connectivity index (χ3n) is 2.68. The van der Waals surface area contributed by atoms with Gasteiger partial charge in [-0.3, -0.25) is 10.1 Å². The first-order valence-electron chi connectivity index (χ1n) is 6.98. The van der Waals surface area contributed by atoms with Crippen LogP contribution in [0.15, 0.2) is 33.5 Å². The van der Waals surface area contributed by atoms with Crippen LogP contribution in [0.1, 0.15) is 26.3 Å². The molecule has 7 heteroatoms. The van der Waals surface area contributed by atoms with Crippen LogP contribution in [0.25, 0.3) is 0 Å². The van der Waals surface area contributed by atoms with E-state index in [1.807, 2.05) is 38.1 Å². The Hall–Kier alpha value is -1.05. The SMILES string of the molecule is Cc1ccc(S[C@@H](C)C(=O)Nc2nnc(SC(C)C)s2)cc1. The van der Waals surface area contributed by atoms with Gasteiger partial charge in [-0.2, -0.15) is 0 Å². The third kappa shape index (κ3) is 5.30. The lowest BCUT2D eigenvalue weighted by Gasteiger charge is -2.10. The smallest absolute Gasteiger partial charge is 0.239 e. The van der Waals surface area contributed by atoms with E-state index in [2.05, 4.69) is 29.4 Å². The molecule has 1 N–H and O–H groups in total. The topological polar surface area (TPSA) is 54.9 Å². The van der Waals surface area contributed by atoms with Crippen molar-refractivity contribution in [1.82, 2.24) is 10.2 Å². The zero-order valence-corrected chi connectivity index (χ0v) is 15.4. The average Bonchev–Trinajstić information content (AvgIpc) is 2.87. The van der Waals surface area contributed by atoms with E-state index in [1.54, 1.807) is 11.8 Å². The number of hydrogen-bond donors (Lipinski definition) is 1. The number of anilines is 1. The zero-order valence-electron chi connectivity index (χ0n) is 13.0. The van der Waals surface area contributed by atoms with Crippen molar-refractivity contribution < 1.29 is 4.79 Å². The van der Waals surface area contributed by atoms with Gasteiger partial charge in [-0.05, 0) is 26.0 Å². The number of nitrogens with zero attached hydrogens (tertiary/aromatic N) is 2. The molecule has 22 heavy (non-hydrogen) atoms. The van der Waals surface area contributed by atoms with E-state index in [4.69, 9.17) is 0 Å². The summed E-state index contributed by atoms with van der Waals surface area (Å²) >= 11 is 4.60. The largest absolute Gasteiger partial charge is 0.300 e. The monoisotopic (exact) mass is 353 g/mol. The van der Waals surface area contributed by atoms with E-state index in [9.17, 15) is 4.79 Å². The van der Waals surface area contributed by atoms with Gasteiger partial charge in [-0.15, -0.1) is 22.0 Å². The summed E-state index contributed by atoms with van der Waals surface area (Å²) < 4.78 is 0.879. The standard InChI is InChI=1S/C15H19N3OS3/c1-9(2)20-15-18-17-14(22-15)16-13(19)11(4)21-12-7-5-10(3)6-8-12/h5-9,11H,1-4H3,(H,16,17,19)/t11-/m0/s1. The van der Waals surface area contributed by atoms with Gasteiger partial charge in [0.05, 0.1) is 5.25 Å². The van der Waals surface area contributed by atoms with Gasteiger partial charge in [-0.1, -0.05) is 54.6 Å². The highest BCUT2D eigenvalue weighted by Gasteiger charge is 2.17. The van der Waals surface area contributed by atoms with Crippen molar-refractivity contribution in [1.29, 1.82) is 0 Å². The number of thioether (sulfide) groups is 2. The van der Waals surface area contributed by atoms with Gasteiger partial charge in [0.25, 0.3) is 0 Å². The highest BCUT2D eigenvalue weighted by molar-refractivity contribution is 8.01.